The van der Waals surface area contributed by atoms with Crippen molar-refractivity contribution in [2.24, 2.45) is 0 Å². The Morgan fingerprint density at radius 3 is 2.81 bits per heavy atom. The molecule has 3 heterocycles. The van der Waals surface area contributed by atoms with Gasteiger partial charge in [0.05, 0.1) is 22.7 Å². The Morgan fingerprint density at radius 1 is 1.12 bits per heavy atom. The predicted molar refractivity (Wildman–Crippen MR) is 126 cm³/mol. The van der Waals surface area contributed by atoms with Gasteiger partial charge in [0.1, 0.15) is 0 Å². The van der Waals surface area contributed by atoms with Crippen molar-refractivity contribution < 1.29 is 9.21 Å². The zero-order valence-electron chi connectivity index (χ0n) is 17.9. The molecule has 7 nitrogen and oxygen atoms in total. The van der Waals surface area contributed by atoms with Crippen LogP contribution in [0, 0.1) is 0 Å². The van der Waals surface area contributed by atoms with Crippen LogP contribution in [-0.2, 0) is 4.79 Å². The molecule has 0 spiro atoms. The minimum atomic E-state index is -0.349. The maximum absolute atomic E-state index is 13.1. The van der Waals surface area contributed by atoms with Gasteiger partial charge in [0.2, 0.25) is 11.7 Å². The molecule has 8 heteroatoms. The number of benzene rings is 1. The fourth-order valence-electron chi connectivity index (χ4n) is 4.26. The molecule has 1 amide bonds. The van der Waals surface area contributed by atoms with E-state index < -0.39 is 0 Å². The molecule has 0 aliphatic heterocycles. The molecule has 0 radical (unpaired) electrons. The lowest BCUT2D eigenvalue weighted by atomic mass is 9.95. The highest BCUT2D eigenvalue weighted by Gasteiger charge is 2.27. The summed E-state index contributed by atoms with van der Waals surface area (Å²) in [7, 11) is 0. The summed E-state index contributed by atoms with van der Waals surface area (Å²) in [6, 6.07) is 13.7. The Hall–Kier alpha value is -3.13. The van der Waals surface area contributed by atoms with Gasteiger partial charge in [-0.1, -0.05) is 37.1 Å². The fourth-order valence-corrected chi connectivity index (χ4v) is 5.18. The lowest BCUT2D eigenvalue weighted by Gasteiger charge is -2.25. The summed E-state index contributed by atoms with van der Waals surface area (Å²) in [6.45, 7) is 1.90. The summed E-state index contributed by atoms with van der Waals surface area (Å²) in [5, 5.41) is 13.3. The Balaban J connectivity index is 1.39. The Morgan fingerprint density at radius 2 is 2.00 bits per heavy atom. The standard InChI is InChI=1S/C24H25N5O2S/c1-16(23(30)26-20-12-5-11-19-18(20)10-6-14-25-19)32-24-28-27-22(21-13-7-15-31-21)29(24)17-8-3-2-4-9-17/h5-7,10-17H,2-4,8-9H2,1H3,(H,26,30). The molecule has 0 bridgehead atoms. The number of anilines is 1. The van der Waals surface area contributed by atoms with Gasteiger partial charge in [0, 0.05) is 17.6 Å². The summed E-state index contributed by atoms with van der Waals surface area (Å²) in [4.78, 5) is 17.4. The van der Waals surface area contributed by atoms with Crippen LogP contribution in [0.2, 0.25) is 0 Å². The van der Waals surface area contributed by atoms with Crippen molar-refractivity contribution in [3.8, 4) is 11.6 Å². The second-order valence-electron chi connectivity index (χ2n) is 8.07. The average molecular weight is 448 g/mol. The number of rotatable bonds is 6. The van der Waals surface area contributed by atoms with Crippen LogP contribution < -0.4 is 5.32 Å². The van der Waals surface area contributed by atoms with Gasteiger partial charge in [-0.05, 0) is 56.2 Å². The highest BCUT2D eigenvalue weighted by molar-refractivity contribution is 8.00. The number of nitrogens with one attached hydrogen (secondary N) is 1. The van der Waals surface area contributed by atoms with Gasteiger partial charge in [0.25, 0.3) is 0 Å². The molecule has 3 aromatic heterocycles. The Bertz CT molecular complexity index is 1210. The number of amides is 1. The summed E-state index contributed by atoms with van der Waals surface area (Å²) >= 11 is 1.43. The number of nitrogens with zero attached hydrogens (tertiary/aromatic N) is 4. The van der Waals surface area contributed by atoms with E-state index in [4.69, 9.17) is 4.42 Å². The highest BCUT2D eigenvalue weighted by Crippen LogP contribution is 2.37. The maximum Gasteiger partial charge on any atom is 0.237 e. The number of aromatic nitrogens is 4. The molecule has 5 rings (SSSR count). The number of carbonyl (C=O) groups excluding carboxylic acids is 1. The quantitative estimate of drug-likeness (QED) is 0.381. The lowest BCUT2D eigenvalue weighted by molar-refractivity contribution is -0.115. The first-order valence-corrected chi connectivity index (χ1v) is 11.9. The molecule has 1 N–H and O–H groups in total. The molecule has 4 aromatic rings. The van der Waals surface area contributed by atoms with Gasteiger partial charge in [-0.15, -0.1) is 10.2 Å². The fraction of sp³-hybridized carbons (Fsp3) is 0.333. The lowest BCUT2D eigenvalue weighted by Crippen LogP contribution is -2.23. The first-order valence-electron chi connectivity index (χ1n) is 11.0. The molecule has 1 unspecified atom stereocenters. The van der Waals surface area contributed by atoms with Gasteiger partial charge in [-0.25, -0.2) is 0 Å². The summed E-state index contributed by atoms with van der Waals surface area (Å²) in [5.74, 6) is 1.36. The molecule has 1 aliphatic rings. The molecular weight excluding hydrogens is 422 g/mol. The second kappa shape index (κ2) is 9.16. The molecule has 1 saturated carbocycles. The minimum absolute atomic E-state index is 0.0795. The Labute approximate surface area is 190 Å². The number of thioether (sulfide) groups is 1. The molecule has 164 valence electrons. The average Bonchev–Trinajstić information content (AvgIpc) is 3.50. The molecular formula is C24H25N5O2S. The van der Waals surface area contributed by atoms with Crippen LogP contribution >= 0.6 is 11.8 Å². The molecule has 1 fully saturated rings. The van der Waals surface area contributed by atoms with Crippen LogP contribution in [-0.4, -0.2) is 30.9 Å². The SMILES string of the molecule is CC(Sc1nnc(-c2ccco2)n1C1CCCCC1)C(=O)Nc1cccc2ncccc12. The third kappa shape index (κ3) is 4.14. The van der Waals surface area contributed by atoms with Gasteiger partial charge in [-0.2, -0.15) is 0 Å². The van der Waals surface area contributed by atoms with Crippen molar-refractivity contribution in [1.29, 1.82) is 0 Å². The van der Waals surface area contributed by atoms with Gasteiger partial charge < -0.3 is 9.73 Å². The smallest absolute Gasteiger partial charge is 0.237 e. The van der Waals surface area contributed by atoms with E-state index in [0.29, 0.717) is 11.8 Å². The van der Waals surface area contributed by atoms with E-state index in [2.05, 4.69) is 25.1 Å². The number of fused-ring (bicyclic) bond motifs is 1. The van der Waals surface area contributed by atoms with Crippen LogP contribution in [0.3, 0.4) is 0 Å². The van der Waals surface area contributed by atoms with E-state index in [9.17, 15) is 4.79 Å². The number of hydrogen-bond donors (Lipinski definition) is 1. The van der Waals surface area contributed by atoms with E-state index in [0.717, 1.165) is 40.4 Å². The van der Waals surface area contributed by atoms with E-state index in [1.165, 1.54) is 31.0 Å². The van der Waals surface area contributed by atoms with Crippen LogP contribution in [0.15, 0.2) is 64.5 Å². The van der Waals surface area contributed by atoms with Crippen molar-refractivity contribution in [2.45, 2.75) is 55.5 Å². The molecule has 0 saturated heterocycles. The number of hydrogen-bond acceptors (Lipinski definition) is 6. The van der Waals surface area contributed by atoms with Gasteiger partial charge in [0.15, 0.2) is 10.9 Å². The third-order valence-corrected chi connectivity index (χ3v) is 6.96. The number of pyridine rings is 1. The molecule has 32 heavy (non-hydrogen) atoms. The predicted octanol–water partition coefficient (Wildman–Crippen LogP) is 5.71. The monoisotopic (exact) mass is 447 g/mol. The van der Waals surface area contributed by atoms with E-state index in [-0.39, 0.29) is 11.2 Å². The first kappa shape index (κ1) is 20.8. The van der Waals surface area contributed by atoms with Crippen LogP contribution in [0.1, 0.15) is 45.1 Å². The second-order valence-corrected chi connectivity index (χ2v) is 9.38. The van der Waals surface area contributed by atoms with Crippen molar-refractivity contribution in [2.75, 3.05) is 5.32 Å². The van der Waals surface area contributed by atoms with Gasteiger partial charge in [-0.3, -0.25) is 14.3 Å². The summed E-state index contributed by atoms with van der Waals surface area (Å²) < 4.78 is 7.79. The van der Waals surface area contributed by atoms with Crippen LogP contribution in [0.4, 0.5) is 5.69 Å². The third-order valence-electron chi connectivity index (χ3n) is 5.90. The van der Waals surface area contributed by atoms with Gasteiger partial charge >= 0.3 is 0 Å². The zero-order chi connectivity index (χ0) is 21.9. The van der Waals surface area contributed by atoms with Crippen molar-refractivity contribution in [3.05, 3.63) is 54.9 Å². The molecule has 1 atom stereocenters. The molecule has 1 aliphatic carbocycles. The summed E-state index contributed by atoms with van der Waals surface area (Å²) in [5.41, 5.74) is 1.61. The van der Waals surface area contributed by atoms with Crippen LogP contribution in [0.5, 0.6) is 0 Å². The van der Waals surface area contributed by atoms with E-state index >= 15 is 0 Å². The van der Waals surface area contributed by atoms with E-state index in [1.54, 1.807) is 12.5 Å². The van der Waals surface area contributed by atoms with Crippen molar-refractivity contribution in [3.63, 3.8) is 0 Å². The molecule has 1 aromatic carbocycles. The van der Waals surface area contributed by atoms with E-state index in [1.807, 2.05) is 49.4 Å². The summed E-state index contributed by atoms with van der Waals surface area (Å²) in [6.07, 6.45) is 9.21. The van der Waals surface area contributed by atoms with Crippen LogP contribution in [0.25, 0.3) is 22.5 Å². The normalized spacial score (nSPS) is 15.7. The number of carbonyl (C=O) groups is 1. The zero-order valence-corrected chi connectivity index (χ0v) is 18.7. The van der Waals surface area contributed by atoms with Crippen molar-refractivity contribution >= 4 is 34.3 Å². The largest absolute Gasteiger partial charge is 0.461 e. The highest BCUT2D eigenvalue weighted by atomic mass is 32.2. The number of furan rings is 1. The maximum atomic E-state index is 13.1. The first-order chi connectivity index (χ1) is 15.7. The Kier molecular flexibility index (Phi) is 5.94. The topological polar surface area (TPSA) is 85.8 Å². The van der Waals surface area contributed by atoms with Crippen molar-refractivity contribution in [1.82, 2.24) is 19.7 Å². The minimum Gasteiger partial charge on any atom is -0.461 e.